The van der Waals surface area contributed by atoms with Crippen LogP contribution in [0.3, 0.4) is 0 Å². The summed E-state index contributed by atoms with van der Waals surface area (Å²) in [7, 11) is 2.93. The lowest BCUT2D eigenvalue weighted by molar-refractivity contribution is 0.0596. The number of carbonyl (C=O) groups is 2. The van der Waals surface area contributed by atoms with Gasteiger partial charge in [-0.15, -0.1) is 0 Å². The van der Waals surface area contributed by atoms with Gasteiger partial charge in [0.1, 0.15) is 5.75 Å². The predicted molar refractivity (Wildman–Crippen MR) is 82.3 cm³/mol. The molecule has 1 saturated heterocycles. The molecule has 1 aliphatic heterocycles. The van der Waals surface area contributed by atoms with E-state index in [0.29, 0.717) is 37.5 Å². The van der Waals surface area contributed by atoms with E-state index >= 15 is 0 Å². The SMILES string of the molecule is COC(=O)N1CCN(C(=O)c2cc(C)cc(C)c2OC)CC1. The van der Waals surface area contributed by atoms with Crippen LogP contribution in [0.4, 0.5) is 4.79 Å². The Morgan fingerprint density at radius 1 is 1.00 bits per heavy atom. The molecule has 22 heavy (non-hydrogen) atoms. The number of carbonyl (C=O) groups excluding carboxylic acids is 2. The molecule has 0 spiro atoms. The summed E-state index contributed by atoms with van der Waals surface area (Å²) in [5, 5.41) is 0. The molecule has 0 saturated carbocycles. The summed E-state index contributed by atoms with van der Waals surface area (Å²) in [6.45, 7) is 5.82. The highest BCUT2D eigenvalue weighted by Gasteiger charge is 2.27. The monoisotopic (exact) mass is 306 g/mol. The van der Waals surface area contributed by atoms with Gasteiger partial charge in [-0.1, -0.05) is 6.07 Å². The van der Waals surface area contributed by atoms with Gasteiger partial charge in [0, 0.05) is 26.2 Å². The maximum absolute atomic E-state index is 12.7. The fourth-order valence-electron chi connectivity index (χ4n) is 2.78. The van der Waals surface area contributed by atoms with Gasteiger partial charge in [-0.25, -0.2) is 4.79 Å². The smallest absolute Gasteiger partial charge is 0.409 e. The second-order valence-corrected chi connectivity index (χ2v) is 5.41. The van der Waals surface area contributed by atoms with Gasteiger partial charge in [-0.2, -0.15) is 0 Å². The molecule has 1 aromatic carbocycles. The number of piperazine rings is 1. The summed E-state index contributed by atoms with van der Waals surface area (Å²) in [6.07, 6.45) is -0.351. The minimum Gasteiger partial charge on any atom is -0.496 e. The summed E-state index contributed by atoms with van der Waals surface area (Å²) in [5.74, 6) is 0.555. The van der Waals surface area contributed by atoms with Gasteiger partial charge in [-0.3, -0.25) is 4.79 Å². The molecule has 1 aromatic rings. The number of rotatable bonds is 2. The fourth-order valence-corrected chi connectivity index (χ4v) is 2.78. The number of hydrogen-bond acceptors (Lipinski definition) is 4. The molecule has 120 valence electrons. The van der Waals surface area contributed by atoms with Crippen LogP contribution in [0, 0.1) is 13.8 Å². The van der Waals surface area contributed by atoms with Gasteiger partial charge >= 0.3 is 6.09 Å². The standard InChI is InChI=1S/C16H22N2O4/c1-11-9-12(2)14(21-3)13(10-11)15(19)17-5-7-18(8-6-17)16(20)22-4/h9-10H,5-8H2,1-4H3. The van der Waals surface area contributed by atoms with Gasteiger partial charge in [0.25, 0.3) is 5.91 Å². The van der Waals surface area contributed by atoms with Crippen molar-refractivity contribution in [2.75, 3.05) is 40.4 Å². The summed E-state index contributed by atoms with van der Waals surface area (Å²) in [5.41, 5.74) is 2.54. The Morgan fingerprint density at radius 2 is 1.59 bits per heavy atom. The molecule has 0 atom stereocenters. The van der Waals surface area contributed by atoms with Gasteiger partial charge in [0.2, 0.25) is 0 Å². The first-order valence-corrected chi connectivity index (χ1v) is 7.25. The minimum atomic E-state index is -0.351. The Bertz CT molecular complexity index is 578. The number of nitrogens with zero attached hydrogens (tertiary/aromatic N) is 2. The maximum Gasteiger partial charge on any atom is 0.409 e. The first-order chi connectivity index (χ1) is 10.5. The van der Waals surface area contributed by atoms with Gasteiger partial charge in [0.05, 0.1) is 19.8 Å². The van der Waals surface area contributed by atoms with E-state index in [1.807, 2.05) is 26.0 Å². The second kappa shape index (κ2) is 6.68. The van der Waals surface area contributed by atoms with Crippen molar-refractivity contribution in [2.24, 2.45) is 0 Å². The van der Waals surface area contributed by atoms with Gasteiger partial charge in [-0.05, 0) is 31.0 Å². The summed E-state index contributed by atoms with van der Waals surface area (Å²) >= 11 is 0. The second-order valence-electron chi connectivity index (χ2n) is 5.41. The highest BCUT2D eigenvalue weighted by Crippen LogP contribution is 2.26. The molecular formula is C16H22N2O4. The lowest BCUT2D eigenvalue weighted by Crippen LogP contribution is -2.50. The van der Waals surface area contributed by atoms with Crippen molar-refractivity contribution < 1.29 is 19.1 Å². The first-order valence-electron chi connectivity index (χ1n) is 7.25. The maximum atomic E-state index is 12.7. The highest BCUT2D eigenvalue weighted by atomic mass is 16.5. The zero-order valence-electron chi connectivity index (χ0n) is 13.5. The van der Waals surface area contributed by atoms with Crippen molar-refractivity contribution in [3.63, 3.8) is 0 Å². The van der Waals surface area contributed by atoms with E-state index in [2.05, 4.69) is 0 Å². The molecule has 1 aliphatic rings. The van der Waals surface area contributed by atoms with E-state index in [9.17, 15) is 9.59 Å². The van der Waals surface area contributed by atoms with Crippen LogP contribution in [0.5, 0.6) is 5.75 Å². The zero-order chi connectivity index (χ0) is 16.3. The number of amides is 2. The Kier molecular flexibility index (Phi) is 4.90. The molecule has 6 nitrogen and oxygen atoms in total. The van der Waals surface area contributed by atoms with E-state index in [-0.39, 0.29) is 12.0 Å². The normalized spacial score (nSPS) is 14.7. The third kappa shape index (κ3) is 3.16. The average Bonchev–Trinajstić information content (AvgIpc) is 2.53. The largest absolute Gasteiger partial charge is 0.496 e. The predicted octanol–water partition coefficient (Wildman–Crippen LogP) is 1.84. The average molecular weight is 306 g/mol. The molecule has 0 aromatic heterocycles. The molecule has 1 heterocycles. The number of hydrogen-bond donors (Lipinski definition) is 0. The molecule has 1 fully saturated rings. The number of methoxy groups -OCH3 is 2. The highest BCUT2D eigenvalue weighted by molar-refractivity contribution is 5.97. The van der Waals surface area contributed by atoms with Crippen LogP contribution in [-0.2, 0) is 4.74 Å². The Morgan fingerprint density at radius 3 is 2.14 bits per heavy atom. The molecule has 0 bridgehead atoms. The van der Waals surface area contributed by atoms with E-state index < -0.39 is 0 Å². The van der Waals surface area contributed by atoms with Crippen molar-refractivity contribution in [1.29, 1.82) is 0 Å². The third-order valence-electron chi connectivity index (χ3n) is 3.85. The van der Waals surface area contributed by atoms with E-state index in [1.54, 1.807) is 16.9 Å². The van der Waals surface area contributed by atoms with Crippen LogP contribution < -0.4 is 4.74 Å². The molecule has 6 heteroatoms. The minimum absolute atomic E-state index is 0.0619. The third-order valence-corrected chi connectivity index (χ3v) is 3.85. The van der Waals surface area contributed by atoms with Crippen molar-refractivity contribution in [2.45, 2.75) is 13.8 Å². The van der Waals surface area contributed by atoms with Crippen LogP contribution in [0.15, 0.2) is 12.1 Å². The van der Waals surface area contributed by atoms with Gasteiger partial charge < -0.3 is 19.3 Å². The molecule has 2 amide bonds. The van der Waals surface area contributed by atoms with Crippen LogP contribution in [0.1, 0.15) is 21.5 Å². The van der Waals surface area contributed by atoms with Crippen molar-refractivity contribution in [1.82, 2.24) is 9.80 Å². The molecule has 0 unspecified atom stereocenters. The molecule has 2 rings (SSSR count). The van der Waals surface area contributed by atoms with E-state index in [1.165, 1.54) is 7.11 Å². The topological polar surface area (TPSA) is 59.1 Å². The number of aryl methyl sites for hydroxylation is 2. The molecule has 0 N–H and O–H groups in total. The lowest BCUT2D eigenvalue weighted by Gasteiger charge is -2.34. The molecule has 0 aliphatic carbocycles. The van der Waals surface area contributed by atoms with E-state index in [4.69, 9.17) is 9.47 Å². The van der Waals surface area contributed by atoms with Crippen LogP contribution in [0.25, 0.3) is 0 Å². The summed E-state index contributed by atoms with van der Waals surface area (Å²) in [6, 6.07) is 3.84. The molecular weight excluding hydrogens is 284 g/mol. The molecule has 0 radical (unpaired) electrons. The van der Waals surface area contributed by atoms with Crippen molar-refractivity contribution >= 4 is 12.0 Å². The van der Waals surface area contributed by atoms with Crippen molar-refractivity contribution in [3.8, 4) is 5.75 Å². The fraction of sp³-hybridized carbons (Fsp3) is 0.500. The first kappa shape index (κ1) is 16.1. The summed E-state index contributed by atoms with van der Waals surface area (Å²) < 4.78 is 10.1. The Balaban J connectivity index is 2.15. The number of ether oxygens (including phenoxy) is 2. The van der Waals surface area contributed by atoms with Gasteiger partial charge in [0.15, 0.2) is 0 Å². The van der Waals surface area contributed by atoms with E-state index in [0.717, 1.165) is 11.1 Å². The Labute approximate surface area is 130 Å². The zero-order valence-corrected chi connectivity index (χ0v) is 13.5. The van der Waals surface area contributed by atoms with Crippen LogP contribution in [0.2, 0.25) is 0 Å². The lowest BCUT2D eigenvalue weighted by atomic mass is 10.0. The summed E-state index contributed by atoms with van der Waals surface area (Å²) in [4.78, 5) is 27.6. The van der Waals surface area contributed by atoms with Crippen LogP contribution >= 0.6 is 0 Å². The quantitative estimate of drug-likeness (QED) is 0.836. The van der Waals surface area contributed by atoms with Crippen LogP contribution in [-0.4, -0.2) is 62.2 Å². The number of benzene rings is 1. The Hall–Kier alpha value is -2.24. The van der Waals surface area contributed by atoms with Crippen molar-refractivity contribution in [3.05, 3.63) is 28.8 Å².